The lowest BCUT2D eigenvalue weighted by molar-refractivity contribution is -0.131. The van der Waals surface area contributed by atoms with Gasteiger partial charge in [0.15, 0.2) is 5.82 Å². The average molecular weight is 485 g/mol. The van der Waals surface area contributed by atoms with E-state index in [2.05, 4.69) is 15.4 Å². The first-order valence-corrected chi connectivity index (χ1v) is 10.9. The third-order valence-electron chi connectivity index (χ3n) is 5.50. The number of carbonyl (C=O) groups excluding carboxylic acids is 1. The zero-order valence-corrected chi connectivity index (χ0v) is 18.8. The molecule has 1 aliphatic heterocycles. The number of hydrogen-bond donors (Lipinski definition) is 1. The molecule has 2 aromatic heterocycles. The highest BCUT2D eigenvalue weighted by atomic mass is 35.5. The molecule has 3 heterocycles. The van der Waals surface area contributed by atoms with E-state index in [9.17, 15) is 13.6 Å². The summed E-state index contributed by atoms with van der Waals surface area (Å²) >= 11 is 6.37. The normalized spacial score (nSPS) is 16.0. The van der Waals surface area contributed by atoms with Gasteiger partial charge in [-0.25, -0.2) is 18.4 Å². The lowest BCUT2D eigenvalue weighted by Crippen LogP contribution is -2.40. The maximum Gasteiger partial charge on any atom is 0.246 e. The van der Waals surface area contributed by atoms with Crippen LogP contribution in [-0.2, 0) is 16.1 Å². The smallest absolute Gasteiger partial charge is 0.246 e. The number of hydrogen-bond acceptors (Lipinski definition) is 5. The van der Waals surface area contributed by atoms with Crippen LogP contribution in [0.4, 0.5) is 8.78 Å². The van der Waals surface area contributed by atoms with Crippen molar-refractivity contribution >= 4 is 28.4 Å². The summed E-state index contributed by atoms with van der Waals surface area (Å²) in [5.74, 6) is -0.806. The summed E-state index contributed by atoms with van der Waals surface area (Å²) in [6.45, 7) is 1.97. The summed E-state index contributed by atoms with van der Waals surface area (Å²) in [6.07, 6.45) is 2.42. The van der Waals surface area contributed by atoms with Gasteiger partial charge in [0, 0.05) is 16.6 Å². The topological polar surface area (TPSA) is 78.3 Å². The minimum Gasteiger partial charge on any atom is -0.487 e. The molecule has 1 atom stereocenters. The molecule has 1 N–H and O–H groups in total. The van der Waals surface area contributed by atoms with Gasteiger partial charge < -0.3 is 14.8 Å². The van der Waals surface area contributed by atoms with Gasteiger partial charge in [-0.1, -0.05) is 23.7 Å². The number of morpholine rings is 1. The highest BCUT2D eigenvalue weighted by Gasteiger charge is 2.25. The summed E-state index contributed by atoms with van der Waals surface area (Å²) < 4.78 is 40.6. The van der Waals surface area contributed by atoms with Gasteiger partial charge in [0.05, 0.1) is 35.8 Å². The fourth-order valence-corrected chi connectivity index (χ4v) is 4.29. The first-order chi connectivity index (χ1) is 16.4. The molecule has 1 aliphatic rings. The number of nitrogens with zero attached hydrogens (tertiary/aromatic N) is 3. The van der Waals surface area contributed by atoms with Crippen molar-refractivity contribution in [3.8, 4) is 11.4 Å². The molecule has 0 aliphatic carbocycles. The maximum absolute atomic E-state index is 14.2. The van der Waals surface area contributed by atoms with E-state index in [1.165, 1.54) is 23.0 Å². The van der Waals surface area contributed by atoms with Crippen molar-refractivity contribution in [1.29, 1.82) is 0 Å². The molecule has 0 bridgehead atoms. The number of pyridine rings is 1. The van der Waals surface area contributed by atoms with Crippen LogP contribution in [0.5, 0.6) is 5.75 Å². The molecule has 10 heteroatoms. The molecule has 174 valence electrons. The van der Waals surface area contributed by atoms with E-state index in [0.29, 0.717) is 39.2 Å². The average Bonchev–Trinajstić information content (AvgIpc) is 3.23. The fourth-order valence-electron chi connectivity index (χ4n) is 4.02. The van der Waals surface area contributed by atoms with E-state index in [0.717, 1.165) is 6.20 Å². The van der Waals surface area contributed by atoms with Crippen LogP contribution in [0.15, 0.2) is 48.8 Å². The van der Waals surface area contributed by atoms with E-state index in [1.807, 2.05) is 13.0 Å². The molecule has 5 rings (SSSR count). The Morgan fingerprint density at radius 1 is 1.26 bits per heavy atom. The van der Waals surface area contributed by atoms with Gasteiger partial charge in [-0.05, 0) is 36.8 Å². The predicted octanol–water partition coefficient (Wildman–Crippen LogP) is 4.43. The standard InChI is InChI=1S/C24H19ClF2N4O3/c1-13-5-21(31-9-15(27)8-28-31)16-3-2-4-22(24(16)29-13)34-10-18-17(6-14(26)7-19(18)25)20-11-33-12-23(32)30-20/h2-9,20H,10-12H2,1H3,(H,30,32)/t20-/m0/s1. The summed E-state index contributed by atoms with van der Waals surface area (Å²) in [5.41, 5.74) is 2.91. The van der Waals surface area contributed by atoms with Gasteiger partial charge >= 0.3 is 0 Å². The van der Waals surface area contributed by atoms with Crippen LogP contribution in [0, 0.1) is 18.6 Å². The van der Waals surface area contributed by atoms with Crippen LogP contribution < -0.4 is 10.1 Å². The van der Waals surface area contributed by atoms with E-state index in [1.54, 1.807) is 18.2 Å². The second-order valence-corrected chi connectivity index (χ2v) is 8.32. The monoisotopic (exact) mass is 484 g/mol. The van der Waals surface area contributed by atoms with Crippen molar-refractivity contribution in [3.63, 3.8) is 0 Å². The molecular weight excluding hydrogens is 466 g/mol. The predicted molar refractivity (Wildman–Crippen MR) is 121 cm³/mol. The van der Waals surface area contributed by atoms with Gasteiger partial charge in [-0.2, -0.15) is 5.10 Å². The number of benzene rings is 2. The quantitative estimate of drug-likeness (QED) is 0.453. The van der Waals surface area contributed by atoms with E-state index in [4.69, 9.17) is 21.1 Å². The Morgan fingerprint density at radius 2 is 2.12 bits per heavy atom. The highest BCUT2D eigenvalue weighted by molar-refractivity contribution is 6.31. The number of ether oxygens (including phenoxy) is 2. The Labute approximate surface area is 198 Å². The van der Waals surface area contributed by atoms with Crippen LogP contribution in [0.2, 0.25) is 5.02 Å². The molecule has 0 radical (unpaired) electrons. The highest BCUT2D eigenvalue weighted by Crippen LogP contribution is 2.33. The van der Waals surface area contributed by atoms with E-state index >= 15 is 0 Å². The molecule has 2 aromatic carbocycles. The van der Waals surface area contributed by atoms with Crippen molar-refractivity contribution in [2.75, 3.05) is 13.2 Å². The summed E-state index contributed by atoms with van der Waals surface area (Å²) in [7, 11) is 0. The van der Waals surface area contributed by atoms with Crippen LogP contribution in [-0.4, -0.2) is 33.9 Å². The molecule has 1 fully saturated rings. The zero-order valence-electron chi connectivity index (χ0n) is 18.0. The minimum absolute atomic E-state index is 0.00127. The number of rotatable bonds is 5. The van der Waals surface area contributed by atoms with Gasteiger partial charge in [0.25, 0.3) is 0 Å². The molecule has 0 unspecified atom stereocenters. The Bertz CT molecular complexity index is 1410. The number of fused-ring (bicyclic) bond motifs is 1. The van der Waals surface area contributed by atoms with Crippen LogP contribution in [0.1, 0.15) is 22.9 Å². The maximum atomic E-state index is 14.2. The Balaban J connectivity index is 1.52. The number of amides is 1. The summed E-state index contributed by atoms with van der Waals surface area (Å²) in [6, 6.07) is 9.16. The number of para-hydroxylation sites is 1. The molecule has 1 amide bonds. The summed E-state index contributed by atoms with van der Waals surface area (Å²) in [4.78, 5) is 16.4. The zero-order chi connectivity index (χ0) is 23.8. The van der Waals surface area contributed by atoms with Crippen LogP contribution in [0.25, 0.3) is 16.6 Å². The number of aromatic nitrogens is 3. The third kappa shape index (κ3) is 4.32. The van der Waals surface area contributed by atoms with Crippen molar-refractivity contribution < 1.29 is 23.0 Å². The van der Waals surface area contributed by atoms with E-state index in [-0.39, 0.29) is 30.8 Å². The van der Waals surface area contributed by atoms with Crippen LogP contribution >= 0.6 is 11.6 Å². The van der Waals surface area contributed by atoms with Gasteiger partial charge in [0.1, 0.15) is 30.3 Å². The van der Waals surface area contributed by atoms with Crippen molar-refractivity contribution in [2.45, 2.75) is 19.6 Å². The molecule has 1 saturated heterocycles. The SMILES string of the molecule is Cc1cc(-n2cc(F)cn2)c2cccc(OCc3c(Cl)cc(F)cc3[C@@H]3COCC(=O)N3)c2n1. The number of aryl methyl sites for hydroxylation is 1. The fraction of sp³-hybridized carbons (Fsp3) is 0.208. The molecule has 34 heavy (non-hydrogen) atoms. The van der Waals surface area contributed by atoms with Gasteiger partial charge in [-0.15, -0.1) is 0 Å². The Kier molecular flexibility index (Phi) is 5.89. The molecular formula is C24H19ClF2N4O3. The molecule has 0 spiro atoms. The number of nitrogens with one attached hydrogen (secondary N) is 1. The second kappa shape index (κ2) is 9.00. The minimum atomic E-state index is -0.553. The molecule has 4 aromatic rings. The lowest BCUT2D eigenvalue weighted by atomic mass is 10.00. The number of halogens is 3. The largest absolute Gasteiger partial charge is 0.487 e. The Morgan fingerprint density at radius 3 is 2.88 bits per heavy atom. The lowest BCUT2D eigenvalue weighted by Gasteiger charge is -2.26. The first-order valence-electron chi connectivity index (χ1n) is 10.5. The summed E-state index contributed by atoms with van der Waals surface area (Å²) in [5, 5.41) is 7.74. The number of carbonyl (C=O) groups is 1. The third-order valence-corrected chi connectivity index (χ3v) is 5.84. The van der Waals surface area contributed by atoms with Gasteiger partial charge in [0.2, 0.25) is 5.91 Å². The van der Waals surface area contributed by atoms with E-state index < -0.39 is 17.7 Å². The first kappa shape index (κ1) is 22.2. The van der Waals surface area contributed by atoms with Crippen molar-refractivity contribution in [1.82, 2.24) is 20.1 Å². The van der Waals surface area contributed by atoms with Gasteiger partial charge in [-0.3, -0.25) is 4.79 Å². The second-order valence-electron chi connectivity index (χ2n) is 7.92. The Hall–Kier alpha value is -3.56. The van der Waals surface area contributed by atoms with Crippen molar-refractivity contribution in [2.24, 2.45) is 0 Å². The van der Waals surface area contributed by atoms with Crippen molar-refractivity contribution in [3.05, 3.63) is 82.3 Å². The van der Waals surface area contributed by atoms with Crippen LogP contribution in [0.3, 0.4) is 0 Å². The molecule has 7 nitrogen and oxygen atoms in total. The molecule has 0 saturated carbocycles.